The maximum Gasteiger partial charge on any atom is 0.230 e. The van der Waals surface area contributed by atoms with Crippen LogP contribution in [0.2, 0.25) is 5.02 Å². The van der Waals surface area contributed by atoms with E-state index in [1.165, 1.54) is 12.1 Å². The van der Waals surface area contributed by atoms with Crippen molar-refractivity contribution in [1.29, 1.82) is 0 Å². The summed E-state index contributed by atoms with van der Waals surface area (Å²) >= 11 is 5.46. The predicted octanol–water partition coefficient (Wildman–Crippen LogP) is 2.26. The lowest BCUT2D eigenvalue weighted by Gasteiger charge is -1.98. The van der Waals surface area contributed by atoms with Crippen LogP contribution < -0.4 is 0 Å². The van der Waals surface area contributed by atoms with Crippen LogP contribution in [0.5, 0.6) is 0 Å². The molecular weight excluding hydrogens is 185 g/mol. The highest BCUT2D eigenvalue weighted by Crippen LogP contribution is 2.19. The van der Waals surface area contributed by atoms with E-state index in [1.807, 2.05) is 0 Å². The highest BCUT2D eigenvalue weighted by Gasteiger charge is 2.09. The van der Waals surface area contributed by atoms with Crippen LogP contribution in [0.25, 0.3) is 0 Å². The maximum absolute atomic E-state index is 12.7. The number of halogens is 2. The summed E-state index contributed by atoms with van der Waals surface area (Å²) in [5.41, 5.74) is 0.196. The average Bonchev–Trinajstić information content (AvgIpc) is 1.98. The minimum absolute atomic E-state index is 0.172. The maximum atomic E-state index is 12.7. The Morgan fingerprint density at radius 3 is 2.83 bits per heavy atom. The van der Waals surface area contributed by atoms with E-state index in [4.69, 9.17) is 11.6 Å². The third-order valence-electron chi connectivity index (χ3n) is 1.33. The van der Waals surface area contributed by atoms with Crippen molar-refractivity contribution >= 4 is 11.6 Å². The second kappa shape index (κ2) is 3.49. The zero-order chi connectivity index (χ0) is 9.14. The Morgan fingerprint density at radius 1 is 1.58 bits per heavy atom. The van der Waals surface area contributed by atoms with Crippen molar-refractivity contribution < 1.29 is 9.31 Å². The van der Waals surface area contributed by atoms with Gasteiger partial charge in [-0.05, 0) is 6.07 Å². The van der Waals surface area contributed by atoms with Gasteiger partial charge in [-0.25, -0.2) is 4.39 Å². The van der Waals surface area contributed by atoms with Gasteiger partial charge in [-0.15, -0.1) is 0 Å². The molecule has 0 N–H and O–H groups in total. The van der Waals surface area contributed by atoms with Gasteiger partial charge < -0.3 is 0 Å². The summed E-state index contributed by atoms with van der Waals surface area (Å²) < 4.78 is 12.7. The molecule has 5 heteroatoms. The largest absolute Gasteiger partial charge is 0.264 e. The number of benzene rings is 1. The van der Waals surface area contributed by atoms with E-state index < -0.39 is 17.3 Å². The number of nitrogens with zero attached hydrogens (tertiary/aromatic N) is 1. The fourth-order valence-electron chi connectivity index (χ4n) is 0.810. The molecule has 0 atom stereocenters. The summed E-state index contributed by atoms with van der Waals surface area (Å²) in [5.74, 6) is -0.629. The van der Waals surface area contributed by atoms with Gasteiger partial charge in [-0.2, -0.15) is 0 Å². The first-order valence-corrected chi connectivity index (χ1v) is 3.53. The van der Waals surface area contributed by atoms with Crippen molar-refractivity contribution in [3.8, 4) is 0 Å². The van der Waals surface area contributed by atoms with Crippen molar-refractivity contribution in [1.82, 2.24) is 0 Å². The third kappa shape index (κ3) is 1.92. The number of hydrogen-bond acceptors (Lipinski definition) is 2. The van der Waals surface area contributed by atoms with Gasteiger partial charge in [0.15, 0.2) is 0 Å². The van der Waals surface area contributed by atoms with Gasteiger partial charge >= 0.3 is 0 Å². The van der Waals surface area contributed by atoms with Crippen LogP contribution >= 0.6 is 11.6 Å². The molecular formula is C7H5ClFNO2. The summed E-state index contributed by atoms with van der Waals surface area (Å²) in [6.07, 6.45) is 0. The minimum Gasteiger partial charge on any atom is -0.264 e. The minimum atomic E-state index is -0.629. The van der Waals surface area contributed by atoms with Crippen molar-refractivity contribution in [2.24, 2.45) is 0 Å². The molecule has 1 aromatic carbocycles. The molecule has 0 aromatic heterocycles. The molecule has 0 aliphatic heterocycles. The second-order valence-corrected chi connectivity index (χ2v) is 2.58. The predicted molar refractivity (Wildman–Crippen MR) is 42.1 cm³/mol. The molecule has 0 fully saturated rings. The molecule has 3 nitrogen and oxygen atoms in total. The van der Waals surface area contributed by atoms with Crippen LogP contribution in [0.1, 0.15) is 5.56 Å². The Bertz CT molecular complexity index is 316. The van der Waals surface area contributed by atoms with Crippen molar-refractivity contribution in [3.05, 3.63) is 44.7 Å². The molecule has 0 aliphatic rings. The van der Waals surface area contributed by atoms with Crippen LogP contribution in [0.3, 0.4) is 0 Å². The van der Waals surface area contributed by atoms with E-state index >= 15 is 0 Å². The lowest BCUT2D eigenvalue weighted by molar-refractivity contribution is -0.496. The molecule has 0 saturated heterocycles. The molecule has 0 amide bonds. The molecule has 0 spiro atoms. The van der Waals surface area contributed by atoms with Crippen molar-refractivity contribution in [3.63, 3.8) is 0 Å². The van der Waals surface area contributed by atoms with Crippen LogP contribution in [-0.4, -0.2) is 4.92 Å². The summed E-state index contributed by atoms with van der Waals surface area (Å²) in [6, 6.07) is 3.97. The molecule has 1 aromatic rings. The summed E-state index contributed by atoms with van der Waals surface area (Å²) in [7, 11) is 0. The van der Waals surface area contributed by atoms with Crippen LogP contribution in [-0.2, 0) is 6.54 Å². The molecule has 0 bridgehead atoms. The van der Waals surface area contributed by atoms with Gasteiger partial charge in [-0.1, -0.05) is 23.7 Å². The van der Waals surface area contributed by atoms with Gasteiger partial charge in [-0.3, -0.25) is 10.1 Å². The van der Waals surface area contributed by atoms with E-state index in [2.05, 4.69) is 0 Å². The van der Waals surface area contributed by atoms with Crippen LogP contribution in [0, 0.1) is 15.9 Å². The van der Waals surface area contributed by atoms with Gasteiger partial charge in [0.25, 0.3) is 0 Å². The van der Waals surface area contributed by atoms with Gasteiger partial charge in [0.1, 0.15) is 5.82 Å². The molecule has 1 rings (SSSR count). The molecule has 0 aliphatic carbocycles. The Labute approximate surface area is 72.9 Å². The van der Waals surface area contributed by atoms with E-state index in [1.54, 1.807) is 0 Å². The Balaban J connectivity index is 3.00. The lowest BCUT2D eigenvalue weighted by Crippen LogP contribution is -1.99. The topological polar surface area (TPSA) is 43.1 Å². The summed E-state index contributed by atoms with van der Waals surface area (Å²) in [5, 5.41) is 9.88. The van der Waals surface area contributed by atoms with Crippen molar-refractivity contribution in [2.45, 2.75) is 6.54 Å². The SMILES string of the molecule is O=[N+]([O-])Cc1cccc(F)c1Cl. The number of rotatable bonds is 2. The first-order valence-electron chi connectivity index (χ1n) is 3.16. The fourth-order valence-corrected chi connectivity index (χ4v) is 0.995. The fraction of sp³-hybridized carbons (Fsp3) is 0.143. The first kappa shape index (κ1) is 8.93. The van der Waals surface area contributed by atoms with E-state index in [-0.39, 0.29) is 10.6 Å². The number of nitro groups is 1. The van der Waals surface area contributed by atoms with Gasteiger partial charge in [0.05, 0.1) is 5.02 Å². The van der Waals surface area contributed by atoms with Crippen molar-refractivity contribution in [2.75, 3.05) is 0 Å². The average molecular weight is 190 g/mol. The Hall–Kier alpha value is -1.16. The molecule has 12 heavy (non-hydrogen) atoms. The first-order chi connectivity index (χ1) is 5.61. The smallest absolute Gasteiger partial charge is 0.230 e. The normalized spacial score (nSPS) is 9.83. The molecule has 64 valence electrons. The second-order valence-electron chi connectivity index (χ2n) is 2.20. The highest BCUT2D eigenvalue weighted by molar-refractivity contribution is 6.31. The molecule has 0 heterocycles. The van der Waals surface area contributed by atoms with E-state index in [0.29, 0.717) is 0 Å². The molecule has 0 unspecified atom stereocenters. The third-order valence-corrected chi connectivity index (χ3v) is 1.75. The zero-order valence-electron chi connectivity index (χ0n) is 5.96. The Morgan fingerprint density at radius 2 is 2.25 bits per heavy atom. The van der Waals surface area contributed by atoms with Gasteiger partial charge in [0.2, 0.25) is 6.54 Å². The van der Waals surface area contributed by atoms with E-state index in [9.17, 15) is 14.5 Å². The van der Waals surface area contributed by atoms with Crippen LogP contribution in [0.4, 0.5) is 4.39 Å². The number of hydrogen-bond donors (Lipinski definition) is 0. The summed E-state index contributed by atoms with van der Waals surface area (Å²) in [4.78, 5) is 9.50. The lowest BCUT2D eigenvalue weighted by atomic mass is 10.2. The van der Waals surface area contributed by atoms with E-state index in [0.717, 1.165) is 6.07 Å². The zero-order valence-corrected chi connectivity index (χ0v) is 6.71. The summed E-state index contributed by atoms with van der Waals surface area (Å²) in [6.45, 7) is -0.448. The standard InChI is InChI=1S/C7H5ClFNO2/c8-7-5(4-10(11)12)2-1-3-6(7)9/h1-3H,4H2. The molecule has 0 saturated carbocycles. The van der Waals surface area contributed by atoms with Gasteiger partial charge in [0, 0.05) is 10.5 Å². The monoisotopic (exact) mass is 189 g/mol. The quantitative estimate of drug-likeness (QED) is 0.529. The Kier molecular flexibility index (Phi) is 2.60. The highest BCUT2D eigenvalue weighted by atomic mass is 35.5. The molecule has 0 radical (unpaired) electrons. The van der Waals surface area contributed by atoms with Crippen LogP contribution in [0.15, 0.2) is 18.2 Å².